The Bertz CT molecular complexity index is 76.5. The summed E-state index contributed by atoms with van der Waals surface area (Å²) in [6.45, 7) is 3.27. The molecule has 0 heterocycles. The average Bonchev–Trinajstić information content (AvgIpc) is 1.66. The number of rotatable bonds is 3. The van der Waals surface area contributed by atoms with Crippen molar-refractivity contribution in [3.63, 3.8) is 0 Å². The van der Waals surface area contributed by atoms with Crippen molar-refractivity contribution in [1.82, 2.24) is 5.32 Å². The number of hydrogen-bond acceptors (Lipinski definition) is 1. The molecule has 48 valence electrons. The first-order chi connectivity index (χ1) is 3.77. The first kappa shape index (κ1) is 7.43. The van der Waals surface area contributed by atoms with Crippen LogP contribution in [0.3, 0.4) is 0 Å². The van der Waals surface area contributed by atoms with Gasteiger partial charge in [-0.1, -0.05) is 0 Å². The van der Waals surface area contributed by atoms with Crippen LogP contribution in [-0.2, 0) is 0 Å². The van der Waals surface area contributed by atoms with E-state index >= 15 is 0 Å². The van der Waals surface area contributed by atoms with Crippen LogP contribution >= 0.6 is 0 Å². The van der Waals surface area contributed by atoms with E-state index in [4.69, 9.17) is 5.11 Å². The third-order valence-electron chi connectivity index (χ3n) is 0.756. The van der Waals surface area contributed by atoms with Gasteiger partial charge in [0.05, 0.1) is 13.5 Å². The SMILES string of the molecule is CNCC[NH+]=C(C)O. The molecule has 0 radical (unpaired) electrons. The lowest BCUT2D eigenvalue weighted by atomic mass is 10.6. The molecule has 0 aliphatic rings. The Morgan fingerprint density at radius 1 is 1.75 bits per heavy atom. The molecule has 0 aliphatic heterocycles. The number of likely N-dealkylation sites (N-methyl/N-ethyl adjacent to an activating group) is 1. The molecule has 0 aliphatic carbocycles. The molecule has 0 amide bonds. The van der Waals surface area contributed by atoms with Crippen LogP contribution in [0, 0.1) is 0 Å². The smallest absolute Gasteiger partial charge is 0.328 e. The normalized spacial score (nSPS) is 12.0. The standard InChI is InChI=1S/C5H12N2O/c1-5(8)7-4-3-6-2/h6H,3-4H2,1-2H3,(H,7,8)/p+1. The molecular weight excluding hydrogens is 104 g/mol. The second-order valence-corrected chi connectivity index (χ2v) is 1.62. The average molecular weight is 117 g/mol. The Morgan fingerprint density at radius 2 is 2.38 bits per heavy atom. The quantitative estimate of drug-likeness (QED) is 0.233. The molecule has 0 spiro atoms. The molecule has 0 saturated heterocycles. The number of nitrogens with one attached hydrogen (secondary N) is 2. The van der Waals surface area contributed by atoms with Crippen molar-refractivity contribution in [1.29, 1.82) is 0 Å². The number of aliphatic hydroxyl groups is 1. The van der Waals surface area contributed by atoms with Crippen LogP contribution in [0.4, 0.5) is 0 Å². The van der Waals surface area contributed by atoms with Gasteiger partial charge in [0.2, 0.25) is 0 Å². The van der Waals surface area contributed by atoms with E-state index in [9.17, 15) is 0 Å². The maximum atomic E-state index is 8.56. The fraction of sp³-hybridized carbons (Fsp3) is 0.800. The fourth-order valence-corrected chi connectivity index (χ4v) is 0.368. The van der Waals surface area contributed by atoms with Crippen LogP contribution in [0.1, 0.15) is 6.92 Å². The molecule has 0 rings (SSSR count). The Kier molecular flexibility index (Phi) is 4.26. The summed E-state index contributed by atoms with van der Waals surface area (Å²) in [5.41, 5.74) is 0. The van der Waals surface area contributed by atoms with Crippen LogP contribution in [0.5, 0.6) is 0 Å². The molecule has 0 aromatic rings. The summed E-state index contributed by atoms with van der Waals surface area (Å²) in [5, 5.41) is 11.5. The van der Waals surface area contributed by atoms with E-state index in [0.29, 0.717) is 0 Å². The molecule has 3 heteroatoms. The Hall–Kier alpha value is -0.570. The summed E-state index contributed by atoms with van der Waals surface area (Å²) in [7, 11) is 1.87. The number of hydrogen-bond donors (Lipinski definition) is 3. The highest BCUT2D eigenvalue weighted by Gasteiger charge is 1.86. The van der Waals surface area contributed by atoms with Crippen molar-refractivity contribution >= 4 is 5.90 Å². The molecule has 0 unspecified atom stereocenters. The van der Waals surface area contributed by atoms with Crippen molar-refractivity contribution in [3.05, 3.63) is 0 Å². The first-order valence-electron chi connectivity index (χ1n) is 2.68. The van der Waals surface area contributed by atoms with Crippen LogP contribution in [0.15, 0.2) is 0 Å². The molecule has 3 N–H and O–H groups in total. The lowest BCUT2D eigenvalue weighted by Gasteiger charge is -1.85. The monoisotopic (exact) mass is 117 g/mol. The number of aliphatic hydroxyl groups excluding tert-OH is 1. The highest BCUT2D eigenvalue weighted by molar-refractivity contribution is 5.63. The van der Waals surface area contributed by atoms with Crippen LogP contribution in [0.2, 0.25) is 0 Å². The van der Waals surface area contributed by atoms with Gasteiger partial charge >= 0.3 is 5.90 Å². The van der Waals surface area contributed by atoms with E-state index in [0.717, 1.165) is 13.1 Å². The fourth-order valence-electron chi connectivity index (χ4n) is 0.368. The van der Waals surface area contributed by atoms with Gasteiger partial charge in [-0.15, -0.1) is 0 Å². The van der Waals surface area contributed by atoms with Crippen molar-refractivity contribution in [2.45, 2.75) is 6.92 Å². The van der Waals surface area contributed by atoms with Gasteiger partial charge in [-0.3, -0.25) is 0 Å². The zero-order valence-electron chi connectivity index (χ0n) is 5.36. The minimum absolute atomic E-state index is 0.278. The largest absolute Gasteiger partial charge is 0.464 e. The highest BCUT2D eigenvalue weighted by Crippen LogP contribution is 1.42. The lowest BCUT2D eigenvalue weighted by molar-refractivity contribution is -0.464. The molecule has 0 saturated carbocycles. The van der Waals surface area contributed by atoms with Gasteiger partial charge < -0.3 is 10.4 Å². The van der Waals surface area contributed by atoms with Gasteiger partial charge in [-0.2, -0.15) is 0 Å². The van der Waals surface area contributed by atoms with Gasteiger partial charge in [0.1, 0.15) is 0 Å². The maximum Gasteiger partial charge on any atom is 0.328 e. The first-order valence-corrected chi connectivity index (χ1v) is 2.68. The molecular formula is C5H13N2O+. The van der Waals surface area contributed by atoms with E-state index in [2.05, 4.69) is 10.3 Å². The molecule has 3 nitrogen and oxygen atoms in total. The summed E-state index contributed by atoms with van der Waals surface area (Å²) in [4.78, 5) is 2.76. The minimum atomic E-state index is 0.278. The van der Waals surface area contributed by atoms with E-state index < -0.39 is 0 Å². The molecule has 0 atom stereocenters. The topological polar surface area (TPSA) is 46.2 Å². The predicted molar refractivity (Wildman–Crippen MR) is 33.1 cm³/mol. The summed E-state index contributed by atoms with van der Waals surface area (Å²) in [5.74, 6) is 0.278. The molecule has 0 aromatic heterocycles. The van der Waals surface area contributed by atoms with E-state index in [1.54, 1.807) is 6.92 Å². The summed E-state index contributed by atoms with van der Waals surface area (Å²) >= 11 is 0. The van der Waals surface area contributed by atoms with Crippen molar-refractivity contribution in [3.8, 4) is 0 Å². The Labute approximate surface area is 49.4 Å². The van der Waals surface area contributed by atoms with Gasteiger partial charge in [-0.25, -0.2) is 4.99 Å². The van der Waals surface area contributed by atoms with E-state index in [-0.39, 0.29) is 5.90 Å². The van der Waals surface area contributed by atoms with Crippen LogP contribution in [0.25, 0.3) is 0 Å². The van der Waals surface area contributed by atoms with Gasteiger partial charge in [-0.05, 0) is 7.05 Å². The zero-order valence-corrected chi connectivity index (χ0v) is 5.36. The Balaban J connectivity index is 3.03. The van der Waals surface area contributed by atoms with Crippen LogP contribution < -0.4 is 10.3 Å². The van der Waals surface area contributed by atoms with E-state index in [1.165, 1.54) is 0 Å². The molecule has 0 aromatic carbocycles. The van der Waals surface area contributed by atoms with Crippen LogP contribution in [-0.4, -0.2) is 31.1 Å². The Morgan fingerprint density at radius 3 is 2.75 bits per heavy atom. The summed E-state index contributed by atoms with van der Waals surface area (Å²) in [6.07, 6.45) is 0. The van der Waals surface area contributed by atoms with Crippen molar-refractivity contribution < 1.29 is 10.1 Å². The van der Waals surface area contributed by atoms with E-state index in [1.807, 2.05) is 7.05 Å². The second kappa shape index (κ2) is 4.59. The van der Waals surface area contributed by atoms with Gasteiger partial charge in [0, 0.05) is 0 Å². The minimum Gasteiger partial charge on any atom is -0.464 e. The lowest BCUT2D eigenvalue weighted by Crippen LogP contribution is -2.74. The molecule has 0 fully saturated rings. The highest BCUT2D eigenvalue weighted by atomic mass is 16.3. The van der Waals surface area contributed by atoms with Gasteiger partial charge in [0.25, 0.3) is 0 Å². The summed E-state index contributed by atoms with van der Waals surface area (Å²) in [6, 6.07) is 0. The van der Waals surface area contributed by atoms with Crippen molar-refractivity contribution in [2.24, 2.45) is 0 Å². The van der Waals surface area contributed by atoms with Gasteiger partial charge in [0.15, 0.2) is 6.54 Å². The summed E-state index contributed by atoms with van der Waals surface area (Å²) < 4.78 is 0. The molecule has 0 bridgehead atoms. The zero-order chi connectivity index (χ0) is 6.41. The van der Waals surface area contributed by atoms with Crippen molar-refractivity contribution in [2.75, 3.05) is 20.1 Å². The third-order valence-corrected chi connectivity index (χ3v) is 0.756. The third kappa shape index (κ3) is 5.43. The molecule has 8 heavy (non-hydrogen) atoms. The maximum absolute atomic E-state index is 8.56. The predicted octanol–water partition coefficient (Wildman–Crippen LogP) is -1.74. The second-order valence-electron chi connectivity index (χ2n) is 1.62.